The fourth-order valence-electron chi connectivity index (χ4n) is 9.86. The van der Waals surface area contributed by atoms with Gasteiger partial charge in [-0.05, 0) is 134 Å². The summed E-state index contributed by atoms with van der Waals surface area (Å²) < 4.78 is 4.76. The first-order valence-corrected chi connectivity index (χ1v) is 20.9. The molecule has 0 aliphatic heterocycles. The Balaban J connectivity index is 1.13. The summed E-state index contributed by atoms with van der Waals surface area (Å²) >= 11 is 0. The highest BCUT2D eigenvalue weighted by molar-refractivity contribution is 6.29. The fraction of sp³-hybridized carbons (Fsp3) is 0.0169. The second kappa shape index (κ2) is 14.4. The van der Waals surface area contributed by atoms with Crippen LogP contribution >= 0.6 is 0 Å². The molecule has 0 atom stereocenters. The topological polar surface area (TPSA) is 9.86 Å². The van der Waals surface area contributed by atoms with Crippen molar-refractivity contribution in [2.75, 3.05) is 0 Å². The summed E-state index contributed by atoms with van der Waals surface area (Å²) in [6.45, 7) is 14.6. The Bertz CT molecular complexity index is 3510. The second-order valence-corrected chi connectivity index (χ2v) is 15.8. The first-order valence-electron chi connectivity index (χ1n) is 20.9. The maximum absolute atomic E-state index is 4.29. The van der Waals surface area contributed by atoms with Crippen molar-refractivity contribution < 1.29 is 0 Å². The first-order chi connectivity index (χ1) is 30.1. The second-order valence-electron chi connectivity index (χ2n) is 15.8. The van der Waals surface area contributed by atoms with Crippen LogP contribution in [0.15, 0.2) is 208 Å². The summed E-state index contributed by atoms with van der Waals surface area (Å²) in [4.78, 5) is 0. The predicted molar refractivity (Wildman–Crippen MR) is 264 cm³/mol. The third-order valence-electron chi connectivity index (χ3n) is 12.5. The Morgan fingerprint density at radius 1 is 0.459 bits per heavy atom. The Hall–Kier alpha value is -7.94. The zero-order chi connectivity index (χ0) is 41.2. The van der Waals surface area contributed by atoms with Crippen LogP contribution in [-0.4, -0.2) is 9.13 Å². The predicted octanol–water partition coefficient (Wildman–Crippen LogP) is 16.3. The molecule has 8 aromatic carbocycles. The zero-order valence-corrected chi connectivity index (χ0v) is 34.1. The van der Waals surface area contributed by atoms with Crippen LogP contribution in [0.25, 0.3) is 117 Å². The van der Waals surface area contributed by atoms with E-state index in [1.165, 1.54) is 66.0 Å². The molecule has 0 fully saturated rings. The van der Waals surface area contributed by atoms with Crippen molar-refractivity contribution in [3.05, 3.63) is 225 Å². The van der Waals surface area contributed by atoms with Crippen molar-refractivity contribution >= 4 is 61.2 Å². The Morgan fingerprint density at radius 2 is 1.11 bits per heavy atom. The number of fused-ring (bicyclic) bond motifs is 8. The molecule has 11 rings (SSSR count). The zero-order valence-electron chi connectivity index (χ0n) is 34.1. The molecule has 10 aromatic rings. The van der Waals surface area contributed by atoms with Crippen LogP contribution in [-0.2, 0) is 0 Å². The van der Waals surface area contributed by atoms with Gasteiger partial charge in [-0.1, -0.05) is 159 Å². The van der Waals surface area contributed by atoms with Gasteiger partial charge in [-0.15, -0.1) is 0 Å². The molecule has 2 heterocycles. The van der Waals surface area contributed by atoms with Gasteiger partial charge in [-0.2, -0.15) is 0 Å². The lowest BCUT2D eigenvalue weighted by Crippen LogP contribution is -1.97. The van der Waals surface area contributed by atoms with Crippen molar-refractivity contribution in [2.45, 2.75) is 6.92 Å². The van der Waals surface area contributed by atoms with E-state index in [1.807, 2.05) is 25.2 Å². The molecule has 2 heteroatoms. The van der Waals surface area contributed by atoms with E-state index in [1.54, 1.807) is 0 Å². The average Bonchev–Trinajstić information content (AvgIpc) is 3.94. The molecule has 1 aliphatic carbocycles. The van der Waals surface area contributed by atoms with E-state index in [-0.39, 0.29) is 0 Å². The monoisotopic (exact) mass is 778 g/mol. The first kappa shape index (κ1) is 36.2. The standard InChI is InChI=1S/C59H42N2/c1-5-16-38(17-6-2)40-26-30-44(31-27-40)60-56-33-29-43(36-53(56)59-50-25-15-24-49-47-22-12-13-23-48(47)52(58(49)50)37-57(59)60)42-28-32-55-51(35-42)46(7-3)54(8-4)61(55)45-21-14-20-41(34-45)39-18-10-9-11-19-39/h5-37H,1,3-4H2,2H3/b17-6-,38-16+. The molecule has 61 heavy (non-hydrogen) atoms. The molecule has 288 valence electrons. The number of allylic oxidation sites excluding steroid dienone is 5. The normalized spacial score (nSPS) is 12.2. The molecule has 2 aromatic heterocycles. The minimum atomic E-state index is 1.03. The van der Waals surface area contributed by atoms with Crippen LogP contribution in [0.5, 0.6) is 0 Å². The number of nitrogens with zero attached hydrogens (tertiary/aromatic N) is 2. The smallest absolute Gasteiger partial charge is 0.0553 e. The lowest BCUT2D eigenvalue weighted by atomic mass is 9.96. The molecule has 0 bridgehead atoms. The van der Waals surface area contributed by atoms with Crippen molar-refractivity contribution in [1.82, 2.24) is 9.13 Å². The number of aromatic nitrogens is 2. The van der Waals surface area contributed by atoms with Crippen LogP contribution < -0.4 is 0 Å². The Morgan fingerprint density at radius 3 is 1.84 bits per heavy atom. The van der Waals surface area contributed by atoms with E-state index >= 15 is 0 Å². The maximum Gasteiger partial charge on any atom is 0.0553 e. The maximum atomic E-state index is 4.29. The minimum absolute atomic E-state index is 1.03. The van der Waals surface area contributed by atoms with E-state index in [2.05, 4.69) is 211 Å². The van der Waals surface area contributed by atoms with E-state index in [4.69, 9.17) is 0 Å². The lowest BCUT2D eigenvalue weighted by molar-refractivity contribution is 1.11. The number of benzene rings is 8. The van der Waals surface area contributed by atoms with Gasteiger partial charge in [-0.3, -0.25) is 0 Å². The van der Waals surface area contributed by atoms with Gasteiger partial charge < -0.3 is 9.13 Å². The highest BCUT2D eigenvalue weighted by Crippen LogP contribution is 2.51. The van der Waals surface area contributed by atoms with Crippen LogP contribution in [0, 0.1) is 0 Å². The molecule has 0 saturated carbocycles. The van der Waals surface area contributed by atoms with Gasteiger partial charge in [0.25, 0.3) is 0 Å². The summed E-state index contributed by atoms with van der Waals surface area (Å²) in [7, 11) is 0. The molecule has 0 spiro atoms. The van der Waals surface area contributed by atoms with Crippen LogP contribution in [0.3, 0.4) is 0 Å². The largest absolute Gasteiger partial charge is 0.309 e. The van der Waals surface area contributed by atoms with E-state index < -0.39 is 0 Å². The summed E-state index contributed by atoms with van der Waals surface area (Å²) in [6.07, 6.45) is 12.0. The summed E-state index contributed by atoms with van der Waals surface area (Å²) in [5, 5.41) is 6.23. The average molecular weight is 779 g/mol. The molecule has 0 radical (unpaired) electrons. The molecule has 1 aliphatic rings. The van der Waals surface area contributed by atoms with Crippen molar-refractivity contribution in [1.29, 1.82) is 0 Å². The number of rotatable bonds is 9. The van der Waals surface area contributed by atoms with Gasteiger partial charge in [0.15, 0.2) is 0 Å². The van der Waals surface area contributed by atoms with Crippen molar-refractivity contribution in [2.24, 2.45) is 0 Å². The van der Waals surface area contributed by atoms with Gasteiger partial charge in [0.1, 0.15) is 0 Å². The van der Waals surface area contributed by atoms with E-state index in [0.717, 1.165) is 55.8 Å². The third kappa shape index (κ3) is 5.57. The summed E-state index contributed by atoms with van der Waals surface area (Å²) in [5.74, 6) is 0. The summed E-state index contributed by atoms with van der Waals surface area (Å²) in [6, 6.07) is 60.1. The van der Waals surface area contributed by atoms with Gasteiger partial charge in [-0.25, -0.2) is 0 Å². The minimum Gasteiger partial charge on any atom is -0.309 e. The lowest BCUT2D eigenvalue weighted by Gasteiger charge is -2.12. The summed E-state index contributed by atoms with van der Waals surface area (Å²) in [5.41, 5.74) is 19.9. The van der Waals surface area contributed by atoms with E-state index in [0.29, 0.717) is 0 Å². The van der Waals surface area contributed by atoms with Crippen LogP contribution in [0.1, 0.15) is 23.7 Å². The molecule has 2 nitrogen and oxygen atoms in total. The number of hydrogen-bond donors (Lipinski definition) is 0. The van der Waals surface area contributed by atoms with Crippen LogP contribution in [0.2, 0.25) is 0 Å². The van der Waals surface area contributed by atoms with Gasteiger partial charge in [0.2, 0.25) is 0 Å². The Kier molecular flexibility index (Phi) is 8.54. The van der Waals surface area contributed by atoms with Crippen LogP contribution in [0.4, 0.5) is 0 Å². The van der Waals surface area contributed by atoms with E-state index in [9.17, 15) is 0 Å². The molecular weight excluding hydrogens is 737 g/mol. The SMILES string of the molecule is C=C/C=C(\C=C/C)c1ccc(-n2c3ccc(-c4ccc5c(c4)c(C=C)c(C=C)n5-c4cccc(-c5ccccc5)c4)cc3c3c4cccc5c4c(cc32)-c2ccccc2-5)cc1. The molecular formula is C59H42N2. The highest BCUT2D eigenvalue weighted by atomic mass is 15.0. The quantitative estimate of drug-likeness (QED) is 0.129. The van der Waals surface area contributed by atoms with Gasteiger partial charge in [0.05, 0.1) is 22.2 Å². The van der Waals surface area contributed by atoms with Crippen molar-refractivity contribution in [3.63, 3.8) is 0 Å². The fourth-order valence-corrected chi connectivity index (χ4v) is 9.86. The van der Waals surface area contributed by atoms with Gasteiger partial charge in [0, 0.05) is 33.1 Å². The highest BCUT2D eigenvalue weighted by Gasteiger charge is 2.26. The van der Waals surface area contributed by atoms with Gasteiger partial charge >= 0.3 is 0 Å². The third-order valence-corrected chi connectivity index (χ3v) is 12.5. The van der Waals surface area contributed by atoms with Crippen molar-refractivity contribution in [3.8, 4) is 55.9 Å². The molecule has 0 saturated heterocycles. The Labute approximate surface area is 356 Å². The molecule has 0 unspecified atom stereocenters. The molecule has 0 N–H and O–H groups in total. The number of hydrogen-bond acceptors (Lipinski definition) is 0. The molecule has 0 amide bonds.